The minimum Gasteiger partial charge on any atom is -0.448 e. The van der Waals surface area contributed by atoms with Crippen LogP contribution in [0.3, 0.4) is 0 Å². The van der Waals surface area contributed by atoms with Crippen LogP contribution in [0.25, 0.3) is 0 Å². The van der Waals surface area contributed by atoms with Gasteiger partial charge in [-0.25, -0.2) is 13.6 Å². The fourth-order valence-corrected chi connectivity index (χ4v) is 2.12. The van der Waals surface area contributed by atoms with Crippen molar-refractivity contribution in [3.05, 3.63) is 35.4 Å². The van der Waals surface area contributed by atoms with E-state index in [2.05, 4.69) is 5.32 Å². The van der Waals surface area contributed by atoms with Gasteiger partial charge in [-0.15, -0.1) is 0 Å². The number of likely N-dealkylation sites (N-methyl/N-ethyl adjacent to an activating group) is 1. The first-order chi connectivity index (χ1) is 9.13. The molecule has 4 nitrogen and oxygen atoms in total. The monoisotopic (exact) mass is 270 g/mol. The Morgan fingerprint density at radius 2 is 2.26 bits per heavy atom. The molecule has 6 heteroatoms. The molecule has 1 amide bonds. The average molecular weight is 270 g/mol. The number of halogens is 2. The van der Waals surface area contributed by atoms with Crippen LogP contribution in [0.5, 0.6) is 0 Å². The van der Waals surface area contributed by atoms with Gasteiger partial charge in [0, 0.05) is 12.1 Å². The Kier molecular flexibility index (Phi) is 4.31. The molecule has 2 rings (SSSR count). The van der Waals surface area contributed by atoms with Crippen LogP contribution < -0.4 is 5.32 Å². The molecule has 1 aliphatic heterocycles. The van der Waals surface area contributed by atoms with E-state index < -0.39 is 23.8 Å². The summed E-state index contributed by atoms with van der Waals surface area (Å²) < 4.78 is 31.9. The van der Waals surface area contributed by atoms with Crippen molar-refractivity contribution >= 4 is 6.09 Å². The van der Waals surface area contributed by atoms with E-state index in [0.29, 0.717) is 19.7 Å². The van der Waals surface area contributed by atoms with Gasteiger partial charge in [-0.3, -0.25) is 0 Å². The van der Waals surface area contributed by atoms with E-state index >= 15 is 0 Å². The molecule has 0 spiro atoms. The summed E-state index contributed by atoms with van der Waals surface area (Å²) in [5.74, 6) is -1.76. The summed E-state index contributed by atoms with van der Waals surface area (Å²) in [6, 6.07) is 3.60. The van der Waals surface area contributed by atoms with Gasteiger partial charge in [0.1, 0.15) is 6.61 Å². The minimum absolute atomic E-state index is 0.224. The largest absolute Gasteiger partial charge is 0.448 e. The third kappa shape index (κ3) is 3.01. The number of cyclic esters (lactones) is 1. The SMILES string of the molecule is CCNC(CN1CCOC1=O)c1cccc(F)c1F. The first-order valence-electron chi connectivity index (χ1n) is 6.22. The van der Waals surface area contributed by atoms with E-state index in [1.54, 1.807) is 0 Å². The third-order valence-corrected chi connectivity index (χ3v) is 3.06. The summed E-state index contributed by atoms with van der Waals surface area (Å²) >= 11 is 0. The number of carbonyl (C=O) groups excluding carboxylic acids is 1. The zero-order valence-corrected chi connectivity index (χ0v) is 10.7. The summed E-state index contributed by atoms with van der Waals surface area (Å²) in [4.78, 5) is 12.9. The first kappa shape index (κ1) is 13.7. The molecule has 0 aliphatic carbocycles. The van der Waals surface area contributed by atoms with Crippen LogP contribution in [-0.4, -0.2) is 37.2 Å². The van der Waals surface area contributed by atoms with Crippen LogP contribution >= 0.6 is 0 Å². The van der Waals surface area contributed by atoms with E-state index in [9.17, 15) is 13.6 Å². The highest BCUT2D eigenvalue weighted by Gasteiger charge is 2.27. The maximum Gasteiger partial charge on any atom is 0.410 e. The predicted octanol–water partition coefficient (Wildman–Crippen LogP) is 2.07. The smallest absolute Gasteiger partial charge is 0.410 e. The maximum atomic E-state index is 13.8. The summed E-state index contributed by atoms with van der Waals surface area (Å²) in [7, 11) is 0. The quantitative estimate of drug-likeness (QED) is 0.890. The molecular weight excluding hydrogens is 254 g/mol. The highest BCUT2D eigenvalue weighted by Crippen LogP contribution is 2.21. The second kappa shape index (κ2) is 5.97. The van der Waals surface area contributed by atoms with Crippen LogP contribution in [0.1, 0.15) is 18.5 Å². The van der Waals surface area contributed by atoms with Crippen molar-refractivity contribution in [1.29, 1.82) is 0 Å². The number of ether oxygens (including phenoxy) is 1. The van der Waals surface area contributed by atoms with Gasteiger partial charge in [-0.1, -0.05) is 19.1 Å². The first-order valence-corrected chi connectivity index (χ1v) is 6.22. The molecule has 19 heavy (non-hydrogen) atoms. The Balaban J connectivity index is 2.19. The highest BCUT2D eigenvalue weighted by atomic mass is 19.2. The molecule has 0 radical (unpaired) electrons. The summed E-state index contributed by atoms with van der Waals surface area (Å²) in [5, 5.41) is 3.06. The third-order valence-electron chi connectivity index (χ3n) is 3.06. The van der Waals surface area contributed by atoms with Gasteiger partial charge in [0.15, 0.2) is 11.6 Å². The molecule has 1 N–H and O–H groups in total. The van der Waals surface area contributed by atoms with Crippen molar-refractivity contribution < 1.29 is 18.3 Å². The number of hydrogen-bond donors (Lipinski definition) is 1. The van der Waals surface area contributed by atoms with Crippen molar-refractivity contribution in [2.75, 3.05) is 26.2 Å². The number of hydrogen-bond acceptors (Lipinski definition) is 3. The normalized spacial score (nSPS) is 16.6. The van der Waals surface area contributed by atoms with Gasteiger partial charge >= 0.3 is 6.09 Å². The Hall–Kier alpha value is -1.69. The van der Waals surface area contributed by atoms with Crippen LogP contribution in [0, 0.1) is 11.6 Å². The molecule has 1 aliphatic rings. The number of benzene rings is 1. The fourth-order valence-electron chi connectivity index (χ4n) is 2.12. The Labute approximate surface area is 110 Å². The highest BCUT2D eigenvalue weighted by molar-refractivity contribution is 5.69. The van der Waals surface area contributed by atoms with Crippen molar-refractivity contribution in [1.82, 2.24) is 10.2 Å². The molecule has 0 aromatic heterocycles. The molecular formula is C13H16F2N2O2. The number of rotatable bonds is 5. The van der Waals surface area contributed by atoms with Gasteiger partial charge in [-0.2, -0.15) is 0 Å². The van der Waals surface area contributed by atoms with Gasteiger partial charge in [-0.05, 0) is 12.6 Å². The van der Waals surface area contributed by atoms with E-state index in [4.69, 9.17) is 4.74 Å². The van der Waals surface area contributed by atoms with Gasteiger partial charge < -0.3 is 15.0 Å². The second-order valence-electron chi connectivity index (χ2n) is 4.31. The number of nitrogens with one attached hydrogen (secondary N) is 1. The summed E-state index contributed by atoms with van der Waals surface area (Å²) in [6.45, 7) is 3.52. The summed E-state index contributed by atoms with van der Waals surface area (Å²) in [5.41, 5.74) is 0.224. The molecule has 1 aromatic carbocycles. The van der Waals surface area contributed by atoms with Crippen molar-refractivity contribution in [3.63, 3.8) is 0 Å². The van der Waals surface area contributed by atoms with Crippen LogP contribution in [0.15, 0.2) is 18.2 Å². The van der Waals surface area contributed by atoms with E-state index in [1.165, 1.54) is 17.0 Å². The summed E-state index contributed by atoms with van der Waals surface area (Å²) in [6.07, 6.45) is -0.417. The molecule has 1 atom stereocenters. The second-order valence-corrected chi connectivity index (χ2v) is 4.31. The Morgan fingerprint density at radius 3 is 2.89 bits per heavy atom. The van der Waals surface area contributed by atoms with E-state index in [1.807, 2.05) is 6.92 Å². The lowest BCUT2D eigenvalue weighted by Gasteiger charge is -2.23. The molecule has 0 bridgehead atoms. The van der Waals surface area contributed by atoms with Crippen LogP contribution in [0.2, 0.25) is 0 Å². The predicted molar refractivity (Wildman–Crippen MR) is 65.7 cm³/mol. The van der Waals surface area contributed by atoms with Crippen molar-refractivity contribution in [2.45, 2.75) is 13.0 Å². The van der Waals surface area contributed by atoms with Crippen molar-refractivity contribution in [2.24, 2.45) is 0 Å². The molecule has 1 saturated heterocycles. The fraction of sp³-hybridized carbons (Fsp3) is 0.462. The molecule has 1 unspecified atom stereocenters. The lowest BCUT2D eigenvalue weighted by molar-refractivity contribution is 0.155. The lowest BCUT2D eigenvalue weighted by atomic mass is 10.1. The average Bonchev–Trinajstić information content (AvgIpc) is 2.78. The minimum atomic E-state index is -0.885. The molecule has 1 aromatic rings. The molecule has 0 saturated carbocycles. The van der Waals surface area contributed by atoms with E-state index in [-0.39, 0.29) is 12.1 Å². The van der Waals surface area contributed by atoms with Gasteiger partial charge in [0.25, 0.3) is 0 Å². The lowest BCUT2D eigenvalue weighted by Crippen LogP contribution is -2.36. The number of nitrogens with zero attached hydrogens (tertiary/aromatic N) is 1. The van der Waals surface area contributed by atoms with Crippen molar-refractivity contribution in [3.8, 4) is 0 Å². The van der Waals surface area contributed by atoms with Crippen LogP contribution in [0.4, 0.5) is 13.6 Å². The Morgan fingerprint density at radius 1 is 1.47 bits per heavy atom. The van der Waals surface area contributed by atoms with E-state index in [0.717, 1.165) is 6.07 Å². The van der Waals surface area contributed by atoms with Crippen LogP contribution in [-0.2, 0) is 4.74 Å². The number of carbonyl (C=O) groups is 1. The Bertz CT molecular complexity index is 468. The number of amides is 1. The van der Waals surface area contributed by atoms with Gasteiger partial charge in [0.2, 0.25) is 0 Å². The van der Waals surface area contributed by atoms with Gasteiger partial charge in [0.05, 0.1) is 12.6 Å². The molecule has 104 valence electrons. The zero-order chi connectivity index (χ0) is 13.8. The maximum absolute atomic E-state index is 13.8. The molecule has 1 fully saturated rings. The zero-order valence-electron chi connectivity index (χ0n) is 10.7. The molecule has 1 heterocycles. The standard InChI is InChI=1S/C13H16F2N2O2/c1-2-16-11(8-17-6-7-19-13(17)18)9-4-3-5-10(14)12(9)15/h3-5,11,16H,2,6-8H2,1H3. The topological polar surface area (TPSA) is 41.6 Å².